The maximum Gasteiger partial charge on any atom is 0.243 e. The monoisotopic (exact) mass is 551 g/mol. The van der Waals surface area contributed by atoms with Crippen LogP contribution >= 0.6 is 0 Å². The second-order valence-electron chi connectivity index (χ2n) is 9.76. The Balaban J connectivity index is 1.94. The smallest absolute Gasteiger partial charge is 0.243 e. The van der Waals surface area contributed by atoms with Crippen molar-refractivity contribution < 1.29 is 19.6 Å². The van der Waals surface area contributed by atoms with Crippen LogP contribution in [-0.4, -0.2) is 47.0 Å². The average Bonchev–Trinajstić information content (AvgIpc) is 3.37. The number of unbranched alkanes of at least 4 members (excludes halogenated alkanes) is 2. The molecular formula is C31H45N5O4. The van der Waals surface area contributed by atoms with Gasteiger partial charge in [-0.2, -0.15) is 0 Å². The molecular weight excluding hydrogens is 506 g/mol. The number of amides is 3. The lowest BCUT2D eigenvalue weighted by molar-refractivity contribution is -0.129. The molecule has 0 fully saturated rings. The number of para-hydroxylation sites is 1. The predicted octanol–water partition coefficient (Wildman–Crippen LogP) is 4.56. The molecule has 0 spiro atoms. The Morgan fingerprint density at radius 3 is 2.62 bits per heavy atom. The van der Waals surface area contributed by atoms with Crippen LogP contribution in [0.1, 0.15) is 70.3 Å². The average molecular weight is 552 g/mol. The van der Waals surface area contributed by atoms with Gasteiger partial charge in [0.1, 0.15) is 6.04 Å². The Morgan fingerprint density at radius 1 is 1.05 bits per heavy atom. The number of H-pyrrole nitrogens is 1. The molecule has 1 unspecified atom stereocenters. The third kappa shape index (κ3) is 12.3. The van der Waals surface area contributed by atoms with Crippen molar-refractivity contribution in [3.05, 3.63) is 72.6 Å². The van der Waals surface area contributed by atoms with Crippen molar-refractivity contribution in [2.45, 2.75) is 77.2 Å². The first-order chi connectivity index (χ1) is 19.5. The van der Waals surface area contributed by atoms with E-state index < -0.39 is 11.9 Å². The van der Waals surface area contributed by atoms with Gasteiger partial charge in [0.05, 0.1) is 0 Å². The molecule has 2 aromatic rings. The topological polar surface area (TPSA) is 135 Å². The van der Waals surface area contributed by atoms with Crippen molar-refractivity contribution in [1.29, 1.82) is 0 Å². The van der Waals surface area contributed by atoms with E-state index in [4.69, 9.17) is 5.21 Å². The molecule has 0 saturated heterocycles. The molecule has 1 atom stereocenters. The van der Waals surface area contributed by atoms with Gasteiger partial charge in [-0.1, -0.05) is 49.8 Å². The van der Waals surface area contributed by atoms with Crippen molar-refractivity contribution >= 4 is 28.6 Å². The molecule has 0 aliphatic heterocycles. The minimum atomic E-state index is -0.708. The van der Waals surface area contributed by atoms with Gasteiger partial charge in [0, 0.05) is 43.0 Å². The van der Waals surface area contributed by atoms with Crippen LogP contribution in [0.2, 0.25) is 0 Å². The quantitative estimate of drug-likeness (QED) is 0.0621. The van der Waals surface area contributed by atoms with E-state index in [0.717, 1.165) is 35.7 Å². The molecule has 0 bridgehead atoms. The van der Waals surface area contributed by atoms with Crippen LogP contribution in [0.3, 0.4) is 0 Å². The summed E-state index contributed by atoms with van der Waals surface area (Å²) in [4.78, 5) is 40.4. The summed E-state index contributed by atoms with van der Waals surface area (Å²) in [6, 6.07) is 7.39. The summed E-state index contributed by atoms with van der Waals surface area (Å²) in [6.07, 6.45) is 15.8. The zero-order chi connectivity index (χ0) is 29.0. The summed E-state index contributed by atoms with van der Waals surface area (Å²) >= 11 is 0. The first-order valence-electron chi connectivity index (χ1n) is 14.2. The van der Waals surface area contributed by atoms with E-state index in [9.17, 15) is 14.4 Å². The van der Waals surface area contributed by atoms with Gasteiger partial charge in [-0.3, -0.25) is 19.6 Å². The number of hydroxylamine groups is 1. The van der Waals surface area contributed by atoms with Crippen LogP contribution in [0.4, 0.5) is 0 Å². The highest BCUT2D eigenvalue weighted by Gasteiger charge is 2.22. The number of carbonyl (C=O) groups is 3. The van der Waals surface area contributed by atoms with E-state index in [1.165, 1.54) is 5.56 Å². The number of rotatable bonds is 20. The van der Waals surface area contributed by atoms with Gasteiger partial charge in [-0.25, -0.2) is 5.48 Å². The summed E-state index contributed by atoms with van der Waals surface area (Å²) in [7, 11) is 0. The lowest BCUT2D eigenvalue weighted by Crippen LogP contribution is -2.47. The van der Waals surface area contributed by atoms with E-state index >= 15 is 0 Å². The number of aromatic amines is 1. The third-order valence-electron chi connectivity index (χ3n) is 6.50. The van der Waals surface area contributed by atoms with Gasteiger partial charge >= 0.3 is 0 Å². The van der Waals surface area contributed by atoms with Crippen LogP contribution in [0.5, 0.6) is 0 Å². The van der Waals surface area contributed by atoms with Gasteiger partial charge in [0.2, 0.25) is 17.7 Å². The highest BCUT2D eigenvalue weighted by molar-refractivity contribution is 5.88. The van der Waals surface area contributed by atoms with Crippen molar-refractivity contribution in [1.82, 2.24) is 26.4 Å². The van der Waals surface area contributed by atoms with E-state index in [0.29, 0.717) is 51.6 Å². The van der Waals surface area contributed by atoms with Crippen LogP contribution < -0.4 is 21.4 Å². The van der Waals surface area contributed by atoms with Crippen molar-refractivity contribution in [3.8, 4) is 0 Å². The largest absolute Gasteiger partial charge is 0.387 e. The SMILES string of the molecule is C=CC/C(=C\NC/C=C\CC)CC(NC(=O)CCCc1c[nH]c2ccccc12)C(=O)NCCCCCC(=O)NO. The molecule has 9 nitrogen and oxygen atoms in total. The number of hydrogen-bond donors (Lipinski definition) is 6. The Hall–Kier alpha value is -3.85. The molecule has 9 heteroatoms. The second kappa shape index (κ2) is 19.2. The Bertz CT molecular complexity index is 1140. The van der Waals surface area contributed by atoms with Gasteiger partial charge in [-0.15, -0.1) is 6.58 Å². The van der Waals surface area contributed by atoms with Gasteiger partial charge < -0.3 is 20.9 Å². The molecule has 218 valence electrons. The third-order valence-corrected chi connectivity index (χ3v) is 6.50. The maximum absolute atomic E-state index is 13.1. The Labute approximate surface area is 237 Å². The molecule has 1 aromatic carbocycles. The van der Waals surface area contributed by atoms with E-state index in [-0.39, 0.29) is 18.2 Å². The molecule has 40 heavy (non-hydrogen) atoms. The Kier molecular flexibility index (Phi) is 15.6. The number of benzene rings is 1. The van der Waals surface area contributed by atoms with Crippen LogP contribution in [0.25, 0.3) is 10.9 Å². The molecule has 1 heterocycles. The van der Waals surface area contributed by atoms with Crippen molar-refractivity contribution in [2.75, 3.05) is 13.1 Å². The lowest BCUT2D eigenvalue weighted by Gasteiger charge is -2.20. The molecule has 3 amide bonds. The highest BCUT2D eigenvalue weighted by Crippen LogP contribution is 2.19. The van der Waals surface area contributed by atoms with E-state index in [1.807, 2.05) is 36.7 Å². The van der Waals surface area contributed by atoms with Gasteiger partial charge in [-0.05, 0) is 68.3 Å². The zero-order valence-electron chi connectivity index (χ0n) is 23.6. The Morgan fingerprint density at radius 2 is 1.85 bits per heavy atom. The number of aromatic nitrogens is 1. The summed E-state index contributed by atoms with van der Waals surface area (Å²) < 4.78 is 0. The number of aryl methyl sites for hydroxylation is 1. The van der Waals surface area contributed by atoms with Crippen molar-refractivity contribution in [3.63, 3.8) is 0 Å². The summed E-state index contributed by atoms with van der Waals surface area (Å²) in [5.41, 5.74) is 4.84. The molecule has 0 aliphatic carbocycles. The summed E-state index contributed by atoms with van der Waals surface area (Å²) in [5, 5.41) is 18.9. The minimum Gasteiger partial charge on any atom is -0.387 e. The molecule has 0 radical (unpaired) electrons. The standard InChI is InChI=1S/C31H45N5O4/c1-3-5-10-19-32-22-24(13-4-2)21-28(31(39)33-20-11-6-7-17-30(38)36-40)35-29(37)18-12-14-25-23-34-27-16-9-8-15-26(25)27/h4-5,8-10,15-16,22-23,28,32,34,40H,2-3,6-7,11-14,17-21H2,1H3,(H,33,39)(H,35,37)(H,36,38)/b10-5-,24-22+. The predicted molar refractivity (Wildman–Crippen MR) is 160 cm³/mol. The first kappa shape index (κ1) is 32.4. The normalized spacial score (nSPS) is 12.3. The molecule has 0 saturated carbocycles. The molecule has 1 aromatic heterocycles. The molecule has 0 aliphatic rings. The lowest BCUT2D eigenvalue weighted by atomic mass is 10.0. The van der Waals surface area contributed by atoms with Gasteiger partial charge in [0.25, 0.3) is 0 Å². The summed E-state index contributed by atoms with van der Waals surface area (Å²) in [5.74, 6) is -0.817. The maximum atomic E-state index is 13.1. The van der Waals surface area contributed by atoms with Crippen molar-refractivity contribution in [2.24, 2.45) is 0 Å². The first-order valence-corrected chi connectivity index (χ1v) is 14.2. The number of hydrogen-bond acceptors (Lipinski definition) is 5. The van der Waals surface area contributed by atoms with Crippen LogP contribution in [-0.2, 0) is 20.8 Å². The molecule has 6 N–H and O–H groups in total. The fourth-order valence-corrected chi connectivity index (χ4v) is 4.40. The number of carbonyl (C=O) groups excluding carboxylic acids is 3. The van der Waals surface area contributed by atoms with Crippen LogP contribution in [0, 0.1) is 0 Å². The zero-order valence-corrected chi connectivity index (χ0v) is 23.6. The second-order valence-corrected chi connectivity index (χ2v) is 9.76. The number of allylic oxidation sites excluding steroid dienone is 2. The van der Waals surface area contributed by atoms with Crippen LogP contribution in [0.15, 0.2) is 67.0 Å². The minimum absolute atomic E-state index is 0.160. The summed E-state index contributed by atoms with van der Waals surface area (Å²) in [6.45, 7) is 7.03. The number of fused-ring (bicyclic) bond motifs is 1. The fourth-order valence-electron chi connectivity index (χ4n) is 4.40. The number of nitrogens with one attached hydrogen (secondary N) is 5. The highest BCUT2D eigenvalue weighted by atomic mass is 16.5. The van der Waals surface area contributed by atoms with E-state index in [2.05, 4.69) is 46.6 Å². The van der Waals surface area contributed by atoms with Gasteiger partial charge in [0.15, 0.2) is 0 Å². The fraction of sp³-hybridized carbons (Fsp3) is 0.452. The molecule has 2 rings (SSSR count). The van der Waals surface area contributed by atoms with E-state index in [1.54, 1.807) is 11.6 Å².